The number of sulfonamides is 1. The van der Waals surface area contributed by atoms with Crippen molar-refractivity contribution in [3.63, 3.8) is 0 Å². The van der Waals surface area contributed by atoms with Crippen molar-refractivity contribution in [2.75, 3.05) is 7.11 Å². The van der Waals surface area contributed by atoms with E-state index >= 15 is 0 Å². The van der Waals surface area contributed by atoms with Crippen molar-refractivity contribution in [1.29, 1.82) is 0 Å². The standard InChI is InChI=1S/C20H19FN2O6S/c1-13(23-30(25,26)18-9-7-17(27-2)8-10-18)20(24)29-12-16-11-28-19(22-16)14-3-5-15(21)6-4-14/h3-11,13,23H,12H2,1-2H3/t13-/m0/s1. The lowest BCUT2D eigenvalue weighted by Crippen LogP contribution is -2.39. The van der Waals surface area contributed by atoms with E-state index in [2.05, 4.69) is 9.71 Å². The molecule has 2 aromatic carbocycles. The molecule has 3 aromatic rings. The lowest BCUT2D eigenvalue weighted by atomic mass is 10.2. The van der Waals surface area contributed by atoms with Crippen LogP contribution in [-0.2, 0) is 26.2 Å². The summed E-state index contributed by atoms with van der Waals surface area (Å²) in [4.78, 5) is 16.3. The lowest BCUT2D eigenvalue weighted by Gasteiger charge is -2.13. The van der Waals surface area contributed by atoms with Crippen LogP contribution >= 0.6 is 0 Å². The van der Waals surface area contributed by atoms with Crippen LogP contribution in [0.15, 0.2) is 64.1 Å². The molecule has 1 N–H and O–H groups in total. The summed E-state index contributed by atoms with van der Waals surface area (Å²) in [5, 5.41) is 0. The minimum atomic E-state index is -3.92. The smallest absolute Gasteiger partial charge is 0.324 e. The summed E-state index contributed by atoms with van der Waals surface area (Å²) in [6.45, 7) is 1.16. The zero-order chi connectivity index (χ0) is 21.7. The Morgan fingerprint density at radius 3 is 2.47 bits per heavy atom. The molecule has 0 aliphatic carbocycles. The first-order valence-corrected chi connectivity index (χ1v) is 10.3. The van der Waals surface area contributed by atoms with Gasteiger partial charge in [0, 0.05) is 5.56 Å². The number of carbonyl (C=O) groups excluding carboxylic acids is 1. The zero-order valence-electron chi connectivity index (χ0n) is 16.2. The van der Waals surface area contributed by atoms with Crippen LogP contribution in [0.25, 0.3) is 11.5 Å². The van der Waals surface area contributed by atoms with Crippen molar-refractivity contribution in [1.82, 2.24) is 9.71 Å². The second-order valence-electron chi connectivity index (χ2n) is 6.28. The van der Waals surface area contributed by atoms with Gasteiger partial charge in [-0.05, 0) is 55.5 Å². The van der Waals surface area contributed by atoms with Gasteiger partial charge in [-0.1, -0.05) is 0 Å². The highest BCUT2D eigenvalue weighted by Gasteiger charge is 2.23. The Morgan fingerprint density at radius 1 is 1.17 bits per heavy atom. The molecule has 0 amide bonds. The van der Waals surface area contributed by atoms with Gasteiger partial charge in [0.15, 0.2) is 0 Å². The first kappa shape index (κ1) is 21.5. The van der Waals surface area contributed by atoms with E-state index in [0.29, 0.717) is 17.0 Å². The van der Waals surface area contributed by atoms with E-state index in [-0.39, 0.29) is 23.2 Å². The van der Waals surface area contributed by atoms with E-state index in [1.165, 1.54) is 68.8 Å². The van der Waals surface area contributed by atoms with Crippen molar-refractivity contribution >= 4 is 16.0 Å². The Balaban J connectivity index is 1.57. The Kier molecular flexibility index (Phi) is 6.48. The summed E-state index contributed by atoms with van der Waals surface area (Å²) in [5.41, 5.74) is 0.891. The number of hydrogen-bond acceptors (Lipinski definition) is 7. The summed E-state index contributed by atoms with van der Waals surface area (Å²) in [5.74, 6) is -0.410. The number of nitrogens with one attached hydrogen (secondary N) is 1. The number of hydrogen-bond donors (Lipinski definition) is 1. The van der Waals surface area contributed by atoms with Gasteiger partial charge in [-0.25, -0.2) is 17.8 Å². The largest absolute Gasteiger partial charge is 0.497 e. The first-order chi connectivity index (χ1) is 14.3. The van der Waals surface area contributed by atoms with E-state index in [0.717, 1.165) is 0 Å². The lowest BCUT2D eigenvalue weighted by molar-refractivity contribution is -0.146. The van der Waals surface area contributed by atoms with Gasteiger partial charge >= 0.3 is 5.97 Å². The van der Waals surface area contributed by atoms with Crippen molar-refractivity contribution in [2.45, 2.75) is 24.5 Å². The molecule has 1 atom stereocenters. The number of oxazole rings is 1. The predicted octanol–water partition coefficient (Wildman–Crippen LogP) is 2.90. The Hall–Kier alpha value is -3.24. The fraction of sp³-hybridized carbons (Fsp3) is 0.200. The van der Waals surface area contributed by atoms with Gasteiger partial charge < -0.3 is 13.9 Å². The summed E-state index contributed by atoms with van der Waals surface area (Å²) in [6, 6.07) is 10.2. The molecule has 8 nitrogen and oxygen atoms in total. The number of ether oxygens (including phenoxy) is 2. The van der Waals surface area contributed by atoms with Crippen LogP contribution in [0.5, 0.6) is 5.75 Å². The van der Waals surface area contributed by atoms with E-state index < -0.39 is 22.0 Å². The molecule has 30 heavy (non-hydrogen) atoms. The van der Waals surface area contributed by atoms with Crippen LogP contribution in [-0.4, -0.2) is 32.5 Å². The molecule has 1 aromatic heterocycles. The maximum Gasteiger partial charge on any atom is 0.324 e. The van der Waals surface area contributed by atoms with Crippen LogP contribution in [0.4, 0.5) is 4.39 Å². The summed E-state index contributed by atoms with van der Waals surface area (Å²) >= 11 is 0. The number of benzene rings is 2. The molecule has 0 aliphatic rings. The molecule has 0 fully saturated rings. The van der Waals surface area contributed by atoms with Gasteiger partial charge in [-0.15, -0.1) is 0 Å². The molecule has 0 spiro atoms. The molecular formula is C20H19FN2O6S. The Morgan fingerprint density at radius 2 is 1.83 bits per heavy atom. The molecule has 0 unspecified atom stereocenters. The third-order valence-electron chi connectivity index (χ3n) is 4.06. The molecule has 0 bridgehead atoms. The number of halogens is 1. The molecule has 3 rings (SSSR count). The van der Waals surface area contributed by atoms with Gasteiger partial charge in [0.25, 0.3) is 0 Å². The molecule has 10 heteroatoms. The van der Waals surface area contributed by atoms with Crippen LogP contribution in [0, 0.1) is 5.82 Å². The predicted molar refractivity (Wildman–Crippen MR) is 104 cm³/mol. The van der Waals surface area contributed by atoms with Crippen molar-refractivity contribution in [2.24, 2.45) is 0 Å². The van der Waals surface area contributed by atoms with Gasteiger partial charge in [-0.2, -0.15) is 4.72 Å². The fourth-order valence-corrected chi connectivity index (χ4v) is 3.66. The second kappa shape index (κ2) is 9.06. The van der Waals surface area contributed by atoms with Gasteiger partial charge in [0.1, 0.15) is 36.2 Å². The Bertz CT molecular complexity index is 1110. The van der Waals surface area contributed by atoms with E-state index in [9.17, 15) is 17.6 Å². The highest BCUT2D eigenvalue weighted by Crippen LogP contribution is 2.19. The maximum atomic E-state index is 13.0. The third kappa shape index (κ3) is 5.22. The van der Waals surface area contributed by atoms with E-state index in [1.54, 1.807) is 0 Å². The topological polar surface area (TPSA) is 108 Å². The average Bonchev–Trinajstić information content (AvgIpc) is 3.21. The fourth-order valence-electron chi connectivity index (χ4n) is 2.47. The molecule has 0 radical (unpaired) electrons. The molecule has 1 heterocycles. The minimum Gasteiger partial charge on any atom is -0.497 e. The first-order valence-electron chi connectivity index (χ1n) is 8.82. The number of nitrogens with zero attached hydrogens (tertiary/aromatic N) is 1. The third-order valence-corrected chi connectivity index (χ3v) is 5.62. The molecule has 0 saturated heterocycles. The number of methoxy groups -OCH3 is 1. The normalized spacial score (nSPS) is 12.4. The van der Waals surface area contributed by atoms with Crippen LogP contribution < -0.4 is 9.46 Å². The molecule has 0 aliphatic heterocycles. The van der Waals surface area contributed by atoms with Crippen molar-refractivity contribution in [3.8, 4) is 17.2 Å². The summed E-state index contributed by atoms with van der Waals surface area (Å²) in [7, 11) is -2.45. The summed E-state index contributed by atoms with van der Waals surface area (Å²) < 4.78 is 55.4. The van der Waals surface area contributed by atoms with Crippen LogP contribution in [0.3, 0.4) is 0 Å². The quantitative estimate of drug-likeness (QED) is 0.543. The SMILES string of the molecule is COc1ccc(S(=O)(=O)N[C@@H](C)C(=O)OCc2coc(-c3ccc(F)cc3)n2)cc1. The number of rotatable bonds is 8. The molecule has 0 saturated carbocycles. The van der Waals surface area contributed by atoms with Crippen molar-refractivity contribution in [3.05, 3.63) is 66.3 Å². The van der Waals surface area contributed by atoms with Gasteiger partial charge in [0.05, 0.1) is 12.0 Å². The number of aromatic nitrogens is 1. The zero-order valence-corrected chi connectivity index (χ0v) is 17.0. The summed E-state index contributed by atoms with van der Waals surface area (Å²) in [6.07, 6.45) is 1.30. The van der Waals surface area contributed by atoms with Gasteiger partial charge in [-0.3, -0.25) is 4.79 Å². The monoisotopic (exact) mass is 434 g/mol. The van der Waals surface area contributed by atoms with Crippen molar-refractivity contribution < 1.29 is 31.5 Å². The average molecular weight is 434 g/mol. The highest BCUT2D eigenvalue weighted by molar-refractivity contribution is 7.89. The molecule has 158 valence electrons. The van der Waals surface area contributed by atoms with E-state index in [4.69, 9.17) is 13.9 Å². The Labute approximate surface area is 172 Å². The second-order valence-corrected chi connectivity index (χ2v) is 7.99. The van der Waals surface area contributed by atoms with Crippen LogP contribution in [0.1, 0.15) is 12.6 Å². The maximum absolute atomic E-state index is 13.0. The van der Waals surface area contributed by atoms with Crippen LogP contribution in [0.2, 0.25) is 0 Å². The number of esters is 1. The number of carbonyl (C=O) groups is 1. The van der Waals surface area contributed by atoms with Gasteiger partial charge in [0.2, 0.25) is 15.9 Å². The molecular weight excluding hydrogens is 415 g/mol. The minimum absolute atomic E-state index is 0.0107. The van der Waals surface area contributed by atoms with E-state index in [1.807, 2.05) is 0 Å². The highest BCUT2D eigenvalue weighted by atomic mass is 32.2.